The molecule has 1 N–H and O–H groups in total. The molecule has 38 heavy (non-hydrogen) atoms. The molecular weight excluding hydrogens is 495 g/mol. The molecule has 5 rings (SSSR count). The highest BCUT2D eigenvalue weighted by Crippen LogP contribution is 2.32. The zero-order valence-electron chi connectivity index (χ0n) is 20.2. The molecule has 0 fully saturated rings. The van der Waals surface area contributed by atoms with Crippen molar-refractivity contribution in [2.45, 2.75) is 37.6 Å². The van der Waals surface area contributed by atoms with Crippen molar-refractivity contribution in [3.8, 4) is 0 Å². The van der Waals surface area contributed by atoms with Gasteiger partial charge in [-0.2, -0.15) is 13.2 Å². The molecule has 0 bridgehead atoms. The molecule has 0 radical (unpaired) electrons. The lowest BCUT2D eigenvalue weighted by Gasteiger charge is -2.35. The summed E-state index contributed by atoms with van der Waals surface area (Å²) in [6.07, 6.45) is -2.84. The second-order valence-corrected chi connectivity index (χ2v) is 9.24. The lowest BCUT2D eigenvalue weighted by atomic mass is 9.88. The number of hydrogen-bond donors (Lipinski definition) is 1. The predicted octanol–water partition coefficient (Wildman–Crippen LogP) is 5.12. The van der Waals surface area contributed by atoms with E-state index in [1.165, 1.54) is 17.0 Å². The SMILES string of the molecule is O=C(O)[C@@H]1Cc2c(ncn2Cc2ccc(C(F)(F)F)cc2)CN1C(=O)C(c1ccccc1)c1ccccc1. The third-order valence-corrected chi connectivity index (χ3v) is 6.83. The molecule has 0 aliphatic carbocycles. The molecule has 1 aliphatic heterocycles. The molecule has 1 aliphatic rings. The summed E-state index contributed by atoms with van der Waals surface area (Å²) in [6, 6.07) is 22.2. The fourth-order valence-electron chi connectivity index (χ4n) is 4.90. The van der Waals surface area contributed by atoms with Crippen molar-refractivity contribution < 1.29 is 27.9 Å². The number of carboxylic acid groups (broad SMARTS) is 1. The second-order valence-electron chi connectivity index (χ2n) is 9.24. The molecule has 3 aromatic carbocycles. The van der Waals surface area contributed by atoms with Crippen molar-refractivity contribution in [2.24, 2.45) is 0 Å². The molecule has 0 unspecified atom stereocenters. The Hall–Kier alpha value is -4.40. The van der Waals surface area contributed by atoms with Gasteiger partial charge in [0.25, 0.3) is 0 Å². The lowest BCUT2D eigenvalue weighted by molar-refractivity contribution is -0.151. The maximum Gasteiger partial charge on any atom is 0.416 e. The highest BCUT2D eigenvalue weighted by atomic mass is 19.4. The Bertz CT molecular complexity index is 1400. The Morgan fingerprint density at radius 2 is 1.50 bits per heavy atom. The van der Waals surface area contributed by atoms with Crippen molar-refractivity contribution in [2.75, 3.05) is 0 Å². The minimum atomic E-state index is -4.42. The van der Waals surface area contributed by atoms with Gasteiger partial charge >= 0.3 is 12.1 Å². The number of benzene rings is 3. The average Bonchev–Trinajstić information content (AvgIpc) is 3.30. The highest BCUT2D eigenvalue weighted by Gasteiger charge is 2.40. The van der Waals surface area contributed by atoms with E-state index < -0.39 is 29.7 Å². The van der Waals surface area contributed by atoms with Gasteiger partial charge in [0.05, 0.1) is 30.0 Å². The Balaban J connectivity index is 1.44. The fraction of sp³-hybridized carbons (Fsp3) is 0.207. The van der Waals surface area contributed by atoms with E-state index in [0.717, 1.165) is 23.3 Å². The van der Waals surface area contributed by atoms with Gasteiger partial charge in [-0.1, -0.05) is 72.8 Å². The van der Waals surface area contributed by atoms with Gasteiger partial charge in [-0.3, -0.25) is 4.79 Å². The van der Waals surface area contributed by atoms with E-state index >= 15 is 0 Å². The number of fused-ring (bicyclic) bond motifs is 1. The van der Waals surface area contributed by atoms with Gasteiger partial charge in [-0.15, -0.1) is 0 Å². The Labute approximate surface area is 217 Å². The van der Waals surface area contributed by atoms with Crippen molar-refractivity contribution in [3.05, 3.63) is 125 Å². The van der Waals surface area contributed by atoms with E-state index in [1.54, 1.807) is 10.9 Å². The van der Waals surface area contributed by atoms with Crippen LogP contribution < -0.4 is 0 Å². The van der Waals surface area contributed by atoms with E-state index in [0.29, 0.717) is 17.0 Å². The molecule has 9 heteroatoms. The maximum atomic E-state index is 14.0. The third kappa shape index (κ3) is 5.04. The number of alkyl halides is 3. The maximum absolute atomic E-state index is 14.0. The third-order valence-electron chi connectivity index (χ3n) is 6.83. The van der Waals surface area contributed by atoms with Crippen LogP contribution in [-0.4, -0.2) is 37.5 Å². The summed E-state index contributed by atoms with van der Waals surface area (Å²) < 4.78 is 40.5. The van der Waals surface area contributed by atoms with Gasteiger partial charge < -0.3 is 14.6 Å². The molecule has 0 saturated carbocycles. The summed E-state index contributed by atoms with van der Waals surface area (Å²) in [5.41, 5.74) is 2.62. The van der Waals surface area contributed by atoms with Crippen LogP contribution in [0.25, 0.3) is 0 Å². The molecule has 0 saturated heterocycles. The van der Waals surface area contributed by atoms with Crippen LogP contribution in [0, 0.1) is 0 Å². The number of amides is 1. The smallest absolute Gasteiger partial charge is 0.416 e. The van der Waals surface area contributed by atoms with Crippen molar-refractivity contribution in [3.63, 3.8) is 0 Å². The quantitative estimate of drug-likeness (QED) is 0.384. The largest absolute Gasteiger partial charge is 0.480 e. The van der Waals surface area contributed by atoms with Gasteiger partial charge in [-0.05, 0) is 28.8 Å². The summed E-state index contributed by atoms with van der Waals surface area (Å²) in [5, 5.41) is 10.1. The van der Waals surface area contributed by atoms with Crippen LogP contribution in [0.5, 0.6) is 0 Å². The fourth-order valence-corrected chi connectivity index (χ4v) is 4.90. The van der Waals surface area contributed by atoms with E-state index in [9.17, 15) is 27.9 Å². The van der Waals surface area contributed by atoms with Crippen molar-refractivity contribution in [1.82, 2.24) is 14.5 Å². The minimum Gasteiger partial charge on any atom is -0.480 e. The van der Waals surface area contributed by atoms with Gasteiger partial charge in [0, 0.05) is 18.7 Å². The molecule has 194 valence electrons. The molecule has 1 amide bonds. The van der Waals surface area contributed by atoms with Crippen LogP contribution in [0.1, 0.15) is 39.6 Å². The zero-order valence-corrected chi connectivity index (χ0v) is 20.2. The predicted molar refractivity (Wildman–Crippen MR) is 133 cm³/mol. The number of carbonyl (C=O) groups excluding carboxylic acids is 1. The lowest BCUT2D eigenvalue weighted by Crippen LogP contribution is -2.50. The van der Waals surface area contributed by atoms with Crippen LogP contribution in [-0.2, 0) is 35.3 Å². The first-order chi connectivity index (χ1) is 18.2. The van der Waals surface area contributed by atoms with Gasteiger partial charge in [0.2, 0.25) is 5.91 Å². The molecule has 2 heterocycles. The number of carbonyl (C=O) groups is 2. The van der Waals surface area contributed by atoms with Gasteiger partial charge in [-0.25, -0.2) is 9.78 Å². The molecular formula is C29H24F3N3O3. The minimum absolute atomic E-state index is 0.0152. The van der Waals surface area contributed by atoms with E-state index in [4.69, 9.17) is 0 Å². The number of rotatable bonds is 6. The Kier molecular flexibility index (Phi) is 6.75. The number of carboxylic acids is 1. The summed E-state index contributed by atoms with van der Waals surface area (Å²) in [6.45, 7) is 0.249. The van der Waals surface area contributed by atoms with E-state index in [-0.39, 0.29) is 25.4 Å². The van der Waals surface area contributed by atoms with Crippen LogP contribution in [0.2, 0.25) is 0 Å². The molecule has 0 spiro atoms. The van der Waals surface area contributed by atoms with Gasteiger partial charge in [0.15, 0.2) is 0 Å². The molecule has 1 aromatic heterocycles. The normalized spacial score (nSPS) is 15.4. The Morgan fingerprint density at radius 3 is 2.03 bits per heavy atom. The average molecular weight is 520 g/mol. The van der Waals surface area contributed by atoms with Crippen LogP contribution >= 0.6 is 0 Å². The topological polar surface area (TPSA) is 75.4 Å². The van der Waals surface area contributed by atoms with E-state index in [2.05, 4.69) is 4.98 Å². The van der Waals surface area contributed by atoms with Crippen molar-refractivity contribution in [1.29, 1.82) is 0 Å². The molecule has 1 atom stereocenters. The molecule has 6 nitrogen and oxygen atoms in total. The summed E-state index contributed by atoms with van der Waals surface area (Å²) >= 11 is 0. The first-order valence-electron chi connectivity index (χ1n) is 12.0. The monoisotopic (exact) mass is 519 g/mol. The number of nitrogens with zero attached hydrogens (tertiary/aromatic N) is 3. The number of imidazole rings is 1. The first kappa shape index (κ1) is 25.3. The van der Waals surface area contributed by atoms with Crippen LogP contribution in [0.3, 0.4) is 0 Å². The van der Waals surface area contributed by atoms with Crippen molar-refractivity contribution >= 4 is 11.9 Å². The number of aliphatic carboxylic acids is 1. The number of aromatic nitrogens is 2. The number of halogens is 3. The number of hydrogen-bond acceptors (Lipinski definition) is 3. The van der Waals surface area contributed by atoms with Crippen LogP contribution in [0.4, 0.5) is 13.2 Å². The molecule has 4 aromatic rings. The first-order valence-corrected chi connectivity index (χ1v) is 12.0. The second kappa shape index (κ2) is 10.2. The van der Waals surface area contributed by atoms with Crippen LogP contribution in [0.15, 0.2) is 91.3 Å². The summed E-state index contributed by atoms with van der Waals surface area (Å²) in [5.74, 6) is -2.15. The summed E-state index contributed by atoms with van der Waals surface area (Å²) in [4.78, 5) is 32.1. The Morgan fingerprint density at radius 1 is 0.921 bits per heavy atom. The standard InChI is InChI=1S/C29H24F3N3O3/c30-29(31,32)22-13-11-19(12-14-22)16-34-18-33-23-17-35(25(28(37)38)15-24(23)34)27(36)26(20-7-3-1-4-8-20)21-9-5-2-6-10-21/h1-14,18,25-26H,15-17H2,(H,37,38)/t25-/m0/s1. The van der Waals surface area contributed by atoms with E-state index in [1.807, 2.05) is 60.7 Å². The zero-order chi connectivity index (χ0) is 26.9. The summed E-state index contributed by atoms with van der Waals surface area (Å²) in [7, 11) is 0. The van der Waals surface area contributed by atoms with Gasteiger partial charge in [0.1, 0.15) is 6.04 Å². The highest BCUT2D eigenvalue weighted by molar-refractivity contribution is 5.91.